The molecule has 1 aliphatic heterocycles. The molecule has 8 heteroatoms. The summed E-state index contributed by atoms with van der Waals surface area (Å²) in [6.45, 7) is 6.16. The number of rotatable bonds is 8. The number of guanidine groups is 1. The van der Waals surface area contributed by atoms with Gasteiger partial charge in [0.1, 0.15) is 12.4 Å². The van der Waals surface area contributed by atoms with Gasteiger partial charge < -0.3 is 20.7 Å². The summed E-state index contributed by atoms with van der Waals surface area (Å²) in [5.41, 5.74) is 1.76. The Morgan fingerprint density at radius 1 is 1.10 bits per heavy atom. The van der Waals surface area contributed by atoms with E-state index in [2.05, 4.69) is 25.8 Å². The number of carbonyl (C=O) groups excluding carboxylic acids is 1. The van der Waals surface area contributed by atoms with Crippen LogP contribution in [0.25, 0.3) is 0 Å². The Morgan fingerprint density at radius 3 is 2.48 bits per heavy atom. The van der Waals surface area contributed by atoms with Gasteiger partial charge >= 0.3 is 0 Å². The molecule has 0 bridgehead atoms. The lowest BCUT2D eigenvalue weighted by atomic mass is 10.0. The summed E-state index contributed by atoms with van der Waals surface area (Å²) in [6.07, 6.45) is 0. The van der Waals surface area contributed by atoms with Gasteiger partial charge in [0.2, 0.25) is 5.91 Å². The molecule has 1 heterocycles. The Bertz CT molecular complexity index is 839. The van der Waals surface area contributed by atoms with Crippen molar-refractivity contribution in [2.45, 2.75) is 13.0 Å². The number of benzene rings is 2. The van der Waals surface area contributed by atoms with Crippen molar-refractivity contribution in [2.24, 2.45) is 4.99 Å². The number of nitrogens with one attached hydrogen (secondary N) is 3. The Morgan fingerprint density at radius 2 is 1.81 bits per heavy atom. The van der Waals surface area contributed by atoms with Crippen LogP contribution in [0.4, 0.5) is 10.1 Å². The molecule has 2 aromatic carbocycles. The average Bonchev–Trinajstić information content (AvgIpc) is 2.80. The normalized spacial score (nSPS) is 15.9. The largest absolute Gasteiger partial charge is 0.379 e. The van der Waals surface area contributed by atoms with Gasteiger partial charge in [0, 0.05) is 31.9 Å². The van der Waals surface area contributed by atoms with Gasteiger partial charge in [-0.3, -0.25) is 9.69 Å². The Hall–Kier alpha value is -2.97. The van der Waals surface area contributed by atoms with E-state index < -0.39 is 0 Å². The van der Waals surface area contributed by atoms with E-state index in [9.17, 15) is 9.18 Å². The lowest BCUT2D eigenvalue weighted by molar-refractivity contribution is -0.114. The summed E-state index contributed by atoms with van der Waals surface area (Å²) < 4.78 is 18.9. The maximum absolute atomic E-state index is 13.4. The van der Waals surface area contributed by atoms with Gasteiger partial charge in [-0.05, 0) is 36.8 Å². The molecule has 0 spiro atoms. The van der Waals surface area contributed by atoms with Gasteiger partial charge in [-0.1, -0.05) is 30.3 Å². The number of amides is 1. The zero-order chi connectivity index (χ0) is 21.9. The molecule has 1 aliphatic rings. The molecule has 3 N–H and O–H groups in total. The number of morpholine rings is 1. The van der Waals surface area contributed by atoms with Crippen LogP contribution < -0.4 is 16.0 Å². The summed E-state index contributed by atoms with van der Waals surface area (Å²) in [5, 5.41) is 9.34. The summed E-state index contributed by atoms with van der Waals surface area (Å²) >= 11 is 0. The number of para-hydroxylation sites is 1. The summed E-state index contributed by atoms with van der Waals surface area (Å²) in [6, 6.07) is 15.9. The maximum Gasteiger partial charge on any atom is 0.246 e. The number of anilines is 1. The number of nitrogens with zero attached hydrogens (tertiary/aromatic N) is 2. The predicted octanol–water partition coefficient (Wildman–Crippen LogP) is 2.39. The van der Waals surface area contributed by atoms with Crippen LogP contribution in [0, 0.1) is 5.82 Å². The van der Waals surface area contributed by atoms with Crippen molar-refractivity contribution in [1.29, 1.82) is 0 Å². The van der Waals surface area contributed by atoms with Gasteiger partial charge in [-0.2, -0.15) is 0 Å². The second-order valence-corrected chi connectivity index (χ2v) is 7.21. The fourth-order valence-electron chi connectivity index (χ4n) is 3.44. The highest BCUT2D eigenvalue weighted by Crippen LogP contribution is 2.21. The zero-order valence-corrected chi connectivity index (χ0v) is 17.8. The molecular formula is C23H30FN5O2. The van der Waals surface area contributed by atoms with Crippen LogP contribution in [-0.4, -0.2) is 62.7 Å². The average molecular weight is 428 g/mol. The van der Waals surface area contributed by atoms with Gasteiger partial charge in [0.25, 0.3) is 0 Å². The molecular weight excluding hydrogens is 397 g/mol. The van der Waals surface area contributed by atoms with E-state index in [1.54, 1.807) is 0 Å². The van der Waals surface area contributed by atoms with Crippen LogP contribution in [0.1, 0.15) is 18.5 Å². The molecule has 2 aromatic rings. The first-order valence-electron chi connectivity index (χ1n) is 10.6. The van der Waals surface area contributed by atoms with E-state index >= 15 is 0 Å². The molecule has 166 valence electrons. The van der Waals surface area contributed by atoms with E-state index in [-0.39, 0.29) is 24.3 Å². The van der Waals surface area contributed by atoms with Crippen molar-refractivity contribution >= 4 is 17.6 Å². The van der Waals surface area contributed by atoms with Crippen molar-refractivity contribution in [2.75, 3.05) is 51.3 Å². The quantitative estimate of drug-likeness (QED) is 0.445. The highest BCUT2D eigenvalue weighted by molar-refractivity contribution is 5.94. The van der Waals surface area contributed by atoms with Crippen LogP contribution in [0.15, 0.2) is 59.6 Å². The van der Waals surface area contributed by atoms with Gasteiger partial charge in [-0.15, -0.1) is 0 Å². The molecule has 0 radical (unpaired) electrons. The molecule has 7 nitrogen and oxygen atoms in total. The zero-order valence-electron chi connectivity index (χ0n) is 17.8. The minimum Gasteiger partial charge on any atom is -0.379 e. The van der Waals surface area contributed by atoms with Gasteiger partial charge in [0.15, 0.2) is 5.96 Å². The van der Waals surface area contributed by atoms with Crippen LogP contribution in [0.2, 0.25) is 0 Å². The highest BCUT2D eigenvalue weighted by atomic mass is 19.1. The molecule has 1 amide bonds. The minimum absolute atomic E-state index is 0.00297. The molecule has 1 atom stereocenters. The van der Waals surface area contributed by atoms with E-state index in [1.165, 1.54) is 12.1 Å². The lowest BCUT2D eigenvalue weighted by Gasteiger charge is -2.35. The first kappa shape index (κ1) is 22.7. The standard InChI is InChI=1S/C23H30FN5O2/c1-2-25-23(27-17-22(30)28-20-6-4-3-5-7-20)26-16-21(29-12-14-31-15-13-29)18-8-10-19(24)11-9-18/h3-11,21H,2,12-17H2,1H3,(H,28,30)(H2,25,26,27). The molecule has 0 saturated carbocycles. The first-order chi connectivity index (χ1) is 15.2. The SMILES string of the molecule is CCNC(=NCC(=O)Nc1ccccc1)NCC(c1ccc(F)cc1)N1CCOCC1. The lowest BCUT2D eigenvalue weighted by Crippen LogP contribution is -2.46. The molecule has 31 heavy (non-hydrogen) atoms. The Labute approximate surface area is 182 Å². The Balaban J connectivity index is 1.63. The van der Waals surface area contributed by atoms with E-state index in [4.69, 9.17) is 4.74 Å². The van der Waals surface area contributed by atoms with E-state index in [0.717, 1.165) is 24.3 Å². The summed E-state index contributed by atoms with van der Waals surface area (Å²) in [5.74, 6) is 0.120. The fourth-order valence-corrected chi connectivity index (χ4v) is 3.44. The van der Waals surface area contributed by atoms with Crippen LogP contribution in [0.5, 0.6) is 0 Å². The van der Waals surface area contributed by atoms with E-state index in [1.807, 2.05) is 49.4 Å². The molecule has 0 aromatic heterocycles. The second kappa shape index (κ2) is 12.0. The minimum atomic E-state index is -0.253. The predicted molar refractivity (Wildman–Crippen MR) is 121 cm³/mol. The molecule has 1 unspecified atom stereocenters. The summed E-state index contributed by atoms with van der Waals surface area (Å²) in [7, 11) is 0. The number of hydrogen-bond donors (Lipinski definition) is 3. The van der Waals surface area contributed by atoms with Crippen molar-refractivity contribution in [3.05, 3.63) is 66.0 Å². The highest BCUT2D eigenvalue weighted by Gasteiger charge is 2.23. The number of aliphatic imine (C=N–C) groups is 1. The first-order valence-corrected chi connectivity index (χ1v) is 10.6. The Kier molecular flexibility index (Phi) is 8.81. The topological polar surface area (TPSA) is 78.0 Å². The van der Waals surface area contributed by atoms with Crippen molar-refractivity contribution < 1.29 is 13.9 Å². The van der Waals surface area contributed by atoms with Crippen LogP contribution in [-0.2, 0) is 9.53 Å². The number of hydrogen-bond acceptors (Lipinski definition) is 4. The third-order valence-corrected chi connectivity index (χ3v) is 4.99. The van der Waals surface area contributed by atoms with Gasteiger partial charge in [-0.25, -0.2) is 9.38 Å². The number of halogens is 1. The third-order valence-electron chi connectivity index (χ3n) is 4.99. The summed E-state index contributed by atoms with van der Waals surface area (Å²) in [4.78, 5) is 19.0. The van der Waals surface area contributed by atoms with Crippen molar-refractivity contribution in [3.63, 3.8) is 0 Å². The maximum atomic E-state index is 13.4. The smallest absolute Gasteiger partial charge is 0.246 e. The molecule has 0 aliphatic carbocycles. The van der Waals surface area contributed by atoms with Crippen molar-refractivity contribution in [3.8, 4) is 0 Å². The van der Waals surface area contributed by atoms with Crippen LogP contribution in [0.3, 0.4) is 0 Å². The fraction of sp³-hybridized carbons (Fsp3) is 0.391. The molecule has 3 rings (SSSR count). The van der Waals surface area contributed by atoms with E-state index in [0.29, 0.717) is 32.3 Å². The van der Waals surface area contributed by atoms with Crippen molar-refractivity contribution in [1.82, 2.24) is 15.5 Å². The number of carbonyl (C=O) groups is 1. The molecule has 1 fully saturated rings. The second-order valence-electron chi connectivity index (χ2n) is 7.21. The monoisotopic (exact) mass is 427 g/mol. The van der Waals surface area contributed by atoms with Gasteiger partial charge in [0.05, 0.1) is 19.3 Å². The number of ether oxygens (including phenoxy) is 1. The third kappa shape index (κ3) is 7.34. The molecule has 1 saturated heterocycles. The van der Waals surface area contributed by atoms with Crippen LogP contribution >= 0.6 is 0 Å².